The number of hydrogen-bond acceptors (Lipinski definition) is 1. The van der Waals surface area contributed by atoms with E-state index in [0.29, 0.717) is 4.83 Å². The van der Waals surface area contributed by atoms with E-state index in [1.165, 1.54) is 27.8 Å². The average molecular weight is 323 g/mol. The lowest BCUT2D eigenvalue weighted by Gasteiger charge is -2.16. The van der Waals surface area contributed by atoms with E-state index in [1.807, 2.05) is 0 Å². The van der Waals surface area contributed by atoms with Gasteiger partial charge in [-0.15, -0.1) is 0 Å². The zero-order valence-corrected chi connectivity index (χ0v) is 13.6. The van der Waals surface area contributed by atoms with Crippen molar-refractivity contribution in [1.29, 1.82) is 0 Å². The third-order valence-corrected chi connectivity index (χ3v) is 5.31. The molecule has 18 heavy (non-hydrogen) atoms. The lowest BCUT2D eigenvalue weighted by molar-refractivity contribution is 1.03. The van der Waals surface area contributed by atoms with Gasteiger partial charge in [0.2, 0.25) is 0 Å². The molecule has 96 valence electrons. The molecule has 1 heterocycles. The minimum atomic E-state index is 0.324. The van der Waals surface area contributed by atoms with Crippen LogP contribution in [0.2, 0.25) is 0 Å². The summed E-state index contributed by atoms with van der Waals surface area (Å²) in [5.74, 6) is 0. The summed E-state index contributed by atoms with van der Waals surface area (Å²) >= 11 is 5.67. The Morgan fingerprint density at radius 1 is 1.11 bits per heavy atom. The van der Waals surface area contributed by atoms with E-state index in [2.05, 4.69) is 65.7 Å². The average Bonchev–Trinajstić information content (AvgIpc) is 2.83. The molecule has 0 aliphatic rings. The van der Waals surface area contributed by atoms with E-state index in [4.69, 9.17) is 0 Å². The second-order valence-electron chi connectivity index (χ2n) is 4.61. The molecule has 0 fully saturated rings. The van der Waals surface area contributed by atoms with Gasteiger partial charge in [-0.1, -0.05) is 48.0 Å². The molecule has 0 aliphatic heterocycles. The second-order valence-corrected chi connectivity index (χ2v) is 6.27. The molecule has 2 rings (SSSR count). The first-order valence-electron chi connectivity index (χ1n) is 6.45. The molecular weight excluding hydrogens is 304 g/mol. The van der Waals surface area contributed by atoms with Crippen molar-refractivity contribution in [3.8, 4) is 0 Å². The first-order chi connectivity index (χ1) is 8.67. The molecule has 0 nitrogen and oxygen atoms in total. The van der Waals surface area contributed by atoms with Gasteiger partial charge in [0.15, 0.2) is 0 Å². The Bertz CT molecular complexity index is 528. The third-order valence-electron chi connectivity index (χ3n) is 3.44. The van der Waals surface area contributed by atoms with Crippen molar-refractivity contribution in [2.45, 2.75) is 38.4 Å². The minimum absolute atomic E-state index is 0.324. The normalized spacial score (nSPS) is 12.7. The monoisotopic (exact) mass is 322 g/mol. The first kappa shape index (κ1) is 13.8. The van der Waals surface area contributed by atoms with Crippen LogP contribution in [0.3, 0.4) is 0 Å². The summed E-state index contributed by atoms with van der Waals surface area (Å²) in [6, 6.07) is 6.89. The highest BCUT2D eigenvalue weighted by Crippen LogP contribution is 2.37. The Balaban J connectivity index is 2.45. The fraction of sp³-hybridized carbons (Fsp3) is 0.375. The zero-order chi connectivity index (χ0) is 13.1. The van der Waals surface area contributed by atoms with Gasteiger partial charge in [-0.2, -0.15) is 11.3 Å². The fourth-order valence-corrected chi connectivity index (χ4v) is 4.19. The maximum Gasteiger partial charge on any atom is 0.0658 e. The SMILES string of the molecule is CCc1ccc(CC)c(C(Br)c2cscc2C)c1. The van der Waals surface area contributed by atoms with Crippen LogP contribution in [0.5, 0.6) is 0 Å². The van der Waals surface area contributed by atoms with Gasteiger partial charge in [-0.05, 0) is 58.3 Å². The van der Waals surface area contributed by atoms with Crippen molar-refractivity contribution in [2.75, 3.05) is 0 Å². The molecule has 0 saturated heterocycles. The third kappa shape index (κ3) is 2.70. The lowest BCUT2D eigenvalue weighted by atomic mass is 9.95. The van der Waals surface area contributed by atoms with Crippen LogP contribution in [0.4, 0.5) is 0 Å². The predicted molar refractivity (Wildman–Crippen MR) is 85.0 cm³/mol. The molecule has 0 amide bonds. The molecule has 0 N–H and O–H groups in total. The Hall–Kier alpha value is -0.600. The largest absolute Gasteiger partial charge is 0.152 e. The Morgan fingerprint density at radius 2 is 1.89 bits per heavy atom. The topological polar surface area (TPSA) is 0 Å². The van der Waals surface area contributed by atoms with Gasteiger partial charge in [0.25, 0.3) is 0 Å². The molecule has 0 bridgehead atoms. The van der Waals surface area contributed by atoms with Crippen LogP contribution < -0.4 is 0 Å². The van der Waals surface area contributed by atoms with E-state index >= 15 is 0 Å². The van der Waals surface area contributed by atoms with E-state index in [1.54, 1.807) is 11.3 Å². The van der Waals surface area contributed by atoms with Crippen molar-refractivity contribution in [3.05, 3.63) is 56.8 Å². The van der Waals surface area contributed by atoms with E-state index in [-0.39, 0.29) is 0 Å². The van der Waals surface area contributed by atoms with E-state index in [9.17, 15) is 0 Å². The molecule has 0 radical (unpaired) electrons. The van der Waals surface area contributed by atoms with Gasteiger partial charge in [0, 0.05) is 0 Å². The first-order valence-corrected chi connectivity index (χ1v) is 8.31. The van der Waals surface area contributed by atoms with Crippen LogP contribution in [0.1, 0.15) is 46.5 Å². The molecule has 0 spiro atoms. The predicted octanol–water partition coefficient (Wildman–Crippen LogP) is 5.67. The maximum absolute atomic E-state index is 3.89. The van der Waals surface area contributed by atoms with Gasteiger partial charge in [0.05, 0.1) is 4.83 Å². The molecule has 2 aromatic rings. The summed E-state index contributed by atoms with van der Waals surface area (Å²) in [4.78, 5) is 0.324. The van der Waals surface area contributed by atoms with E-state index in [0.717, 1.165) is 12.8 Å². The van der Waals surface area contributed by atoms with Gasteiger partial charge in [-0.25, -0.2) is 0 Å². The smallest absolute Gasteiger partial charge is 0.0658 e. The summed E-state index contributed by atoms with van der Waals surface area (Å²) in [5.41, 5.74) is 7.08. The van der Waals surface area contributed by atoms with Crippen molar-refractivity contribution < 1.29 is 0 Å². The molecular formula is C16H19BrS. The van der Waals surface area contributed by atoms with Crippen LogP contribution in [-0.4, -0.2) is 0 Å². The highest BCUT2D eigenvalue weighted by atomic mass is 79.9. The van der Waals surface area contributed by atoms with Crippen molar-refractivity contribution >= 4 is 27.3 Å². The summed E-state index contributed by atoms with van der Waals surface area (Å²) in [6.45, 7) is 6.63. The standard InChI is InChI=1S/C16H19BrS/c1-4-12-6-7-13(5-2)14(8-12)16(17)15-10-18-9-11(15)3/h6-10,16H,4-5H2,1-3H3. The maximum atomic E-state index is 3.89. The fourth-order valence-electron chi connectivity index (χ4n) is 2.22. The van der Waals surface area contributed by atoms with Crippen LogP contribution in [0.25, 0.3) is 0 Å². The highest BCUT2D eigenvalue weighted by molar-refractivity contribution is 9.09. The number of hydrogen-bond donors (Lipinski definition) is 0. The second kappa shape index (κ2) is 6.03. The van der Waals surface area contributed by atoms with Crippen LogP contribution >= 0.6 is 27.3 Å². The number of aryl methyl sites for hydroxylation is 3. The minimum Gasteiger partial charge on any atom is -0.152 e. The summed E-state index contributed by atoms with van der Waals surface area (Å²) in [6.07, 6.45) is 2.18. The van der Waals surface area contributed by atoms with Gasteiger partial charge in [-0.3, -0.25) is 0 Å². The summed E-state index contributed by atoms with van der Waals surface area (Å²) in [5, 5.41) is 4.48. The molecule has 1 unspecified atom stereocenters. The van der Waals surface area contributed by atoms with Crippen molar-refractivity contribution in [1.82, 2.24) is 0 Å². The number of thiophene rings is 1. The lowest BCUT2D eigenvalue weighted by Crippen LogP contribution is -2.00. The Kier molecular flexibility index (Phi) is 4.63. The van der Waals surface area contributed by atoms with Crippen LogP contribution in [0, 0.1) is 6.92 Å². The van der Waals surface area contributed by atoms with Crippen LogP contribution in [-0.2, 0) is 12.8 Å². The molecule has 0 saturated carbocycles. The number of rotatable bonds is 4. The summed E-state index contributed by atoms with van der Waals surface area (Å²) in [7, 11) is 0. The number of alkyl halides is 1. The van der Waals surface area contributed by atoms with E-state index < -0.39 is 0 Å². The summed E-state index contributed by atoms with van der Waals surface area (Å²) < 4.78 is 0. The molecule has 1 atom stereocenters. The zero-order valence-electron chi connectivity index (χ0n) is 11.2. The van der Waals surface area contributed by atoms with Gasteiger partial charge < -0.3 is 0 Å². The Morgan fingerprint density at radius 3 is 2.44 bits per heavy atom. The quantitative estimate of drug-likeness (QED) is 0.636. The highest BCUT2D eigenvalue weighted by Gasteiger charge is 2.16. The van der Waals surface area contributed by atoms with Crippen molar-refractivity contribution in [3.63, 3.8) is 0 Å². The van der Waals surface area contributed by atoms with Gasteiger partial charge in [0.1, 0.15) is 0 Å². The van der Waals surface area contributed by atoms with Crippen LogP contribution in [0.15, 0.2) is 29.0 Å². The van der Waals surface area contributed by atoms with Gasteiger partial charge >= 0.3 is 0 Å². The molecule has 0 aliphatic carbocycles. The van der Waals surface area contributed by atoms with Crippen molar-refractivity contribution in [2.24, 2.45) is 0 Å². The molecule has 1 aromatic heterocycles. The molecule has 2 heteroatoms. The number of benzene rings is 1. The Labute approximate surface area is 122 Å². The number of halogens is 1. The molecule has 1 aromatic carbocycles.